The molecule has 0 amide bonds. The second kappa shape index (κ2) is 7.54. The number of rotatable bonds is 4. The smallest absolute Gasteiger partial charge is 0.142 e. The molecule has 0 saturated carbocycles. The van der Waals surface area contributed by atoms with Gasteiger partial charge in [0.25, 0.3) is 0 Å². The lowest BCUT2D eigenvalue weighted by Crippen LogP contribution is -2.00. The molecule has 0 fully saturated rings. The van der Waals surface area contributed by atoms with E-state index in [-0.39, 0.29) is 11.6 Å². The minimum Gasteiger partial charge on any atom is -0.390 e. The average Bonchev–Trinajstić information content (AvgIpc) is 3.03. The third-order valence-electron chi connectivity index (χ3n) is 4.49. The zero-order chi connectivity index (χ0) is 18.6. The van der Waals surface area contributed by atoms with Crippen molar-refractivity contribution in [3.05, 3.63) is 112 Å². The van der Waals surface area contributed by atoms with Gasteiger partial charge < -0.3 is 4.84 Å². The Bertz CT molecular complexity index is 1010. The molecule has 2 nitrogen and oxygen atoms in total. The van der Waals surface area contributed by atoms with Gasteiger partial charge in [-0.3, -0.25) is 0 Å². The van der Waals surface area contributed by atoms with Crippen molar-refractivity contribution in [1.82, 2.24) is 0 Å². The summed E-state index contributed by atoms with van der Waals surface area (Å²) < 4.78 is 27.4. The number of benzene rings is 3. The van der Waals surface area contributed by atoms with Crippen molar-refractivity contribution in [2.45, 2.75) is 13.0 Å². The van der Waals surface area contributed by atoms with E-state index in [0.717, 1.165) is 22.3 Å². The third kappa shape index (κ3) is 3.80. The van der Waals surface area contributed by atoms with Crippen molar-refractivity contribution >= 4 is 11.8 Å². The standard InChI is InChI=1S/C23H17F2NO/c24-19-11-9-16(10-12-19)13-18-14-21-20(7-4-8-22(21)25)23(18)26-27-15-17-5-2-1-3-6-17/h1-13H,14-15H2/b18-13+,26-23-. The van der Waals surface area contributed by atoms with Crippen LogP contribution in [0.4, 0.5) is 8.78 Å². The Hall–Kier alpha value is -3.27. The van der Waals surface area contributed by atoms with Gasteiger partial charge in [-0.1, -0.05) is 59.8 Å². The monoisotopic (exact) mass is 361 g/mol. The van der Waals surface area contributed by atoms with Gasteiger partial charge in [0.15, 0.2) is 0 Å². The zero-order valence-corrected chi connectivity index (χ0v) is 14.5. The highest BCUT2D eigenvalue weighted by Gasteiger charge is 2.26. The van der Waals surface area contributed by atoms with E-state index in [2.05, 4.69) is 5.16 Å². The van der Waals surface area contributed by atoms with Gasteiger partial charge in [-0.25, -0.2) is 8.78 Å². The van der Waals surface area contributed by atoms with Crippen LogP contribution in [0.5, 0.6) is 0 Å². The Morgan fingerprint density at radius 2 is 1.67 bits per heavy atom. The fraction of sp³-hybridized carbons (Fsp3) is 0.0870. The predicted octanol–water partition coefficient (Wildman–Crippen LogP) is 5.53. The van der Waals surface area contributed by atoms with Gasteiger partial charge in [0, 0.05) is 17.5 Å². The molecule has 3 aromatic carbocycles. The molecule has 0 unspecified atom stereocenters. The van der Waals surface area contributed by atoms with Crippen LogP contribution in [0.15, 0.2) is 83.5 Å². The van der Waals surface area contributed by atoms with Gasteiger partial charge >= 0.3 is 0 Å². The molecule has 0 atom stereocenters. The number of fused-ring (bicyclic) bond motifs is 1. The molecule has 0 aromatic heterocycles. The van der Waals surface area contributed by atoms with Gasteiger partial charge in [-0.2, -0.15) is 0 Å². The molecule has 134 valence electrons. The number of halogens is 2. The van der Waals surface area contributed by atoms with Crippen LogP contribution >= 0.6 is 0 Å². The Kier molecular flexibility index (Phi) is 4.79. The number of hydrogen-bond acceptors (Lipinski definition) is 2. The van der Waals surface area contributed by atoms with E-state index in [1.54, 1.807) is 18.2 Å². The Morgan fingerprint density at radius 3 is 2.44 bits per heavy atom. The number of nitrogens with zero attached hydrogens (tertiary/aromatic N) is 1. The van der Waals surface area contributed by atoms with Gasteiger partial charge in [-0.05, 0) is 41.0 Å². The van der Waals surface area contributed by atoms with E-state index < -0.39 is 0 Å². The van der Waals surface area contributed by atoms with Crippen molar-refractivity contribution in [1.29, 1.82) is 0 Å². The van der Waals surface area contributed by atoms with Crippen LogP contribution in [0.25, 0.3) is 6.08 Å². The van der Waals surface area contributed by atoms with Crippen LogP contribution in [0.1, 0.15) is 22.3 Å². The SMILES string of the molecule is Fc1ccc(/C=C2\Cc3c(F)cccc3\C2=N/OCc2ccccc2)cc1. The molecule has 0 saturated heterocycles. The lowest BCUT2D eigenvalue weighted by molar-refractivity contribution is 0.131. The summed E-state index contributed by atoms with van der Waals surface area (Å²) >= 11 is 0. The molecule has 0 bridgehead atoms. The summed E-state index contributed by atoms with van der Waals surface area (Å²) in [7, 11) is 0. The molecule has 3 aromatic rings. The molecule has 0 spiro atoms. The molecule has 1 aliphatic rings. The van der Waals surface area contributed by atoms with Gasteiger partial charge in [0.1, 0.15) is 24.0 Å². The van der Waals surface area contributed by atoms with Crippen molar-refractivity contribution in [3.63, 3.8) is 0 Å². The first kappa shape index (κ1) is 17.2. The molecular formula is C23H17F2NO. The number of oxime groups is 1. The average molecular weight is 361 g/mol. The summed E-state index contributed by atoms with van der Waals surface area (Å²) in [5, 5.41) is 4.30. The normalized spacial score (nSPS) is 15.9. The van der Waals surface area contributed by atoms with Crippen LogP contribution in [-0.2, 0) is 17.9 Å². The van der Waals surface area contributed by atoms with E-state index in [1.165, 1.54) is 18.2 Å². The van der Waals surface area contributed by atoms with Gasteiger partial charge in [-0.15, -0.1) is 0 Å². The van der Waals surface area contributed by atoms with Gasteiger partial charge in [0.05, 0.1) is 0 Å². The fourth-order valence-electron chi connectivity index (χ4n) is 3.14. The van der Waals surface area contributed by atoms with Crippen LogP contribution in [0.2, 0.25) is 0 Å². The Labute approximate surface area is 156 Å². The van der Waals surface area contributed by atoms with Crippen LogP contribution in [0, 0.1) is 11.6 Å². The van der Waals surface area contributed by atoms with E-state index in [4.69, 9.17) is 4.84 Å². The quantitative estimate of drug-likeness (QED) is 0.560. The molecule has 0 aliphatic heterocycles. The zero-order valence-electron chi connectivity index (χ0n) is 14.5. The predicted molar refractivity (Wildman–Crippen MR) is 102 cm³/mol. The summed E-state index contributed by atoms with van der Waals surface area (Å²) in [4.78, 5) is 5.55. The van der Waals surface area contributed by atoms with Crippen molar-refractivity contribution < 1.29 is 13.6 Å². The Morgan fingerprint density at radius 1 is 0.889 bits per heavy atom. The second-order valence-corrected chi connectivity index (χ2v) is 6.36. The maximum absolute atomic E-state index is 14.2. The van der Waals surface area contributed by atoms with E-state index in [9.17, 15) is 8.78 Å². The molecule has 1 aliphatic carbocycles. The first-order chi connectivity index (χ1) is 13.2. The summed E-state index contributed by atoms with van der Waals surface area (Å²) in [6, 6.07) is 20.9. The minimum absolute atomic E-state index is 0.259. The lowest BCUT2D eigenvalue weighted by atomic mass is 10.1. The second-order valence-electron chi connectivity index (χ2n) is 6.36. The number of allylic oxidation sites excluding steroid dienone is 1. The van der Waals surface area contributed by atoms with Crippen molar-refractivity contribution in [2.24, 2.45) is 5.16 Å². The van der Waals surface area contributed by atoms with E-state index >= 15 is 0 Å². The maximum Gasteiger partial charge on any atom is 0.142 e. The van der Waals surface area contributed by atoms with Crippen molar-refractivity contribution in [2.75, 3.05) is 0 Å². The summed E-state index contributed by atoms with van der Waals surface area (Å²) in [5.74, 6) is -0.552. The highest BCUT2D eigenvalue weighted by atomic mass is 19.1. The molecule has 0 N–H and O–H groups in total. The highest BCUT2D eigenvalue weighted by molar-refractivity contribution is 6.18. The van der Waals surface area contributed by atoms with Crippen LogP contribution in [0.3, 0.4) is 0 Å². The minimum atomic E-state index is -0.294. The van der Waals surface area contributed by atoms with Crippen LogP contribution in [-0.4, -0.2) is 5.71 Å². The first-order valence-electron chi connectivity index (χ1n) is 8.69. The maximum atomic E-state index is 14.2. The van der Waals surface area contributed by atoms with Gasteiger partial charge in [0.2, 0.25) is 0 Å². The van der Waals surface area contributed by atoms with E-state index in [1.807, 2.05) is 42.5 Å². The Balaban J connectivity index is 1.66. The summed E-state index contributed by atoms with van der Waals surface area (Å²) in [5.41, 5.74) is 4.63. The van der Waals surface area contributed by atoms with Crippen LogP contribution < -0.4 is 0 Å². The molecule has 4 heteroatoms. The summed E-state index contributed by atoms with van der Waals surface area (Å²) in [6.07, 6.45) is 2.32. The summed E-state index contributed by atoms with van der Waals surface area (Å²) in [6.45, 7) is 0.332. The molecule has 4 rings (SSSR count). The highest BCUT2D eigenvalue weighted by Crippen LogP contribution is 2.30. The molecular weight excluding hydrogens is 344 g/mol. The fourth-order valence-corrected chi connectivity index (χ4v) is 3.14. The van der Waals surface area contributed by atoms with Crippen molar-refractivity contribution in [3.8, 4) is 0 Å². The topological polar surface area (TPSA) is 21.6 Å². The number of hydrogen-bond donors (Lipinski definition) is 0. The molecule has 0 radical (unpaired) electrons. The molecule has 27 heavy (non-hydrogen) atoms. The molecule has 0 heterocycles. The largest absolute Gasteiger partial charge is 0.390 e. The van der Waals surface area contributed by atoms with E-state index in [0.29, 0.717) is 24.3 Å². The first-order valence-corrected chi connectivity index (χ1v) is 8.69. The lowest BCUT2D eigenvalue weighted by Gasteiger charge is -2.04. The third-order valence-corrected chi connectivity index (χ3v) is 4.49.